The molecule has 1 N–H and O–H groups in total. The number of rotatable bonds is 3. The van der Waals surface area contributed by atoms with Crippen molar-refractivity contribution in [2.24, 2.45) is 7.05 Å². The third-order valence-corrected chi connectivity index (χ3v) is 6.90. The van der Waals surface area contributed by atoms with Gasteiger partial charge in [0.25, 0.3) is 0 Å². The average molecular weight is 392 g/mol. The van der Waals surface area contributed by atoms with Gasteiger partial charge in [-0.1, -0.05) is 32.6 Å². The monoisotopic (exact) mass is 391 g/mol. The summed E-state index contributed by atoms with van der Waals surface area (Å²) in [5.74, 6) is 0.655. The molecule has 7 heteroatoms. The van der Waals surface area contributed by atoms with Gasteiger partial charge in [0.1, 0.15) is 0 Å². The number of pyridine rings is 1. The van der Waals surface area contributed by atoms with Crippen molar-refractivity contribution < 1.29 is 0 Å². The molecular formula is C22H29N7. The van der Waals surface area contributed by atoms with Crippen molar-refractivity contribution in [1.29, 1.82) is 0 Å². The number of aromatic amines is 1. The molecule has 2 aliphatic rings. The van der Waals surface area contributed by atoms with Crippen molar-refractivity contribution in [2.45, 2.75) is 76.5 Å². The Bertz CT molecular complexity index is 997. The minimum absolute atomic E-state index is 0.0445. The zero-order chi connectivity index (χ0) is 19.8. The Morgan fingerprint density at radius 1 is 1.00 bits per heavy atom. The van der Waals surface area contributed by atoms with E-state index >= 15 is 0 Å². The summed E-state index contributed by atoms with van der Waals surface area (Å²) >= 11 is 0. The highest BCUT2D eigenvalue weighted by Crippen LogP contribution is 2.47. The average Bonchev–Trinajstić information content (AvgIpc) is 3.34. The molecule has 0 amide bonds. The number of aromatic nitrogens is 7. The van der Waals surface area contributed by atoms with Crippen LogP contribution in [0.25, 0.3) is 22.6 Å². The molecule has 1 fully saturated rings. The lowest BCUT2D eigenvalue weighted by Crippen LogP contribution is -2.28. The van der Waals surface area contributed by atoms with Crippen LogP contribution >= 0.6 is 0 Å². The molecule has 1 saturated carbocycles. The van der Waals surface area contributed by atoms with Crippen molar-refractivity contribution in [3.8, 4) is 22.6 Å². The first-order valence-electron chi connectivity index (χ1n) is 11.0. The van der Waals surface area contributed by atoms with Gasteiger partial charge in [-0.3, -0.25) is 9.67 Å². The fraction of sp³-hybridized carbons (Fsp3) is 0.591. The minimum atomic E-state index is 0.0445. The van der Waals surface area contributed by atoms with E-state index in [0.717, 1.165) is 42.6 Å². The van der Waals surface area contributed by atoms with E-state index in [1.807, 2.05) is 17.9 Å². The second kappa shape index (κ2) is 7.35. The summed E-state index contributed by atoms with van der Waals surface area (Å²) in [6.45, 7) is 2.38. The van der Waals surface area contributed by atoms with Crippen molar-refractivity contribution in [3.05, 3.63) is 29.2 Å². The molecule has 0 radical (unpaired) electrons. The fourth-order valence-electron chi connectivity index (χ4n) is 5.31. The highest BCUT2D eigenvalue weighted by atomic mass is 15.5. The highest BCUT2D eigenvalue weighted by Gasteiger charge is 2.37. The third kappa shape index (κ3) is 3.16. The van der Waals surface area contributed by atoms with Gasteiger partial charge in [-0.2, -0.15) is 10.3 Å². The molecule has 0 atom stereocenters. The Kier molecular flexibility index (Phi) is 4.68. The molecule has 0 aromatic carbocycles. The van der Waals surface area contributed by atoms with E-state index in [0.29, 0.717) is 5.82 Å². The Morgan fingerprint density at radius 3 is 2.52 bits per heavy atom. The van der Waals surface area contributed by atoms with E-state index < -0.39 is 0 Å². The van der Waals surface area contributed by atoms with Crippen LogP contribution in [0.1, 0.15) is 75.2 Å². The molecule has 0 bridgehead atoms. The fourth-order valence-corrected chi connectivity index (χ4v) is 5.31. The zero-order valence-corrected chi connectivity index (χ0v) is 17.4. The maximum Gasteiger partial charge on any atom is 0.207 e. The number of H-pyrrole nitrogens is 1. The second-order valence-electron chi connectivity index (χ2n) is 8.89. The summed E-state index contributed by atoms with van der Waals surface area (Å²) in [6, 6.07) is 2.11. The lowest BCUT2D eigenvalue weighted by molar-refractivity contribution is 0.312. The molecule has 3 heterocycles. The van der Waals surface area contributed by atoms with Crippen LogP contribution in [0.3, 0.4) is 0 Å². The number of aryl methyl sites for hydroxylation is 2. The summed E-state index contributed by atoms with van der Waals surface area (Å²) in [5, 5.41) is 19.9. The van der Waals surface area contributed by atoms with Crippen LogP contribution in [0.2, 0.25) is 0 Å². The molecule has 5 rings (SSSR count). The SMILES string of the molecule is Cn1nccc1-c1c2c(nc(C3(C)CCCCC3)c1-c1nn[nH]n1)CCCCC2. The summed E-state index contributed by atoms with van der Waals surface area (Å²) in [4.78, 5) is 5.37. The summed E-state index contributed by atoms with van der Waals surface area (Å²) in [5.41, 5.74) is 7.24. The lowest BCUT2D eigenvalue weighted by atomic mass is 9.70. The second-order valence-corrected chi connectivity index (χ2v) is 8.89. The molecule has 3 aromatic heterocycles. The maximum atomic E-state index is 5.37. The number of hydrogen-bond donors (Lipinski definition) is 1. The van der Waals surface area contributed by atoms with Gasteiger partial charge in [0.05, 0.1) is 17.0 Å². The van der Waals surface area contributed by atoms with Gasteiger partial charge in [0, 0.05) is 29.9 Å². The quantitative estimate of drug-likeness (QED) is 0.678. The molecule has 3 aromatic rings. The summed E-state index contributed by atoms with van der Waals surface area (Å²) in [7, 11) is 2.01. The zero-order valence-electron chi connectivity index (χ0n) is 17.4. The number of tetrazole rings is 1. The van der Waals surface area contributed by atoms with Gasteiger partial charge in [-0.05, 0) is 55.4 Å². The van der Waals surface area contributed by atoms with Crippen LogP contribution in [-0.4, -0.2) is 35.4 Å². The Labute approximate surface area is 171 Å². The third-order valence-electron chi connectivity index (χ3n) is 6.90. The predicted octanol–water partition coefficient (Wildman–Crippen LogP) is 4.15. The van der Waals surface area contributed by atoms with Crippen molar-refractivity contribution in [3.63, 3.8) is 0 Å². The maximum absolute atomic E-state index is 5.37. The van der Waals surface area contributed by atoms with E-state index in [4.69, 9.17) is 4.98 Å². The number of hydrogen-bond acceptors (Lipinski definition) is 5. The van der Waals surface area contributed by atoms with Crippen molar-refractivity contribution >= 4 is 0 Å². The van der Waals surface area contributed by atoms with E-state index in [2.05, 4.69) is 38.7 Å². The van der Waals surface area contributed by atoms with E-state index in [9.17, 15) is 0 Å². The molecule has 0 spiro atoms. The molecular weight excluding hydrogens is 362 g/mol. The van der Waals surface area contributed by atoms with Crippen LogP contribution in [-0.2, 0) is 25.3 Å². The Morgan fingerprint density at radius 2 is 1.79 bits per heavy atom. The number of fused-ring (bicyclic) bond motifs is 1. The molecule has 2 aliphatic carbocycles. The normalized spacial score (nSPS) is 19.0. The topological polar surface area (TPSA) is 85.2 Å². The number of nitrogens with zero attached hydrogens (tertiary/aromatic N) is 6. The van der Waals surface area contributed by atoms with Gasteiger partial charge < -0.3 is 0 Å². The Balaban J connectivity index is 1.86. The summed E-state index contributed by atoms with van der Waals surface area (Å²) in [6.07, 6.45) is 13.8. The van der Waals surface area contributed by atoms with Gasteiger partial charge >= 0.3 is 0 Å². The van der Waals surface area contributed by atoms with Crippen molar-refractivity contribution in [2.75, 3.05) is 0 Å². The van der Waals surface area contributed by atoms with Crippen LogP contribution < -0.4 is 0 Å². The largest absolute Gasteiger partial charge is 0.268 e. The first-order valence-corrected chi connectivity index (χ1v) is 11.0. The van der Waals surface area contributed by atoms with Crippen LogP contribution in [0.15, 0.2) is 12.3 Å². The van der Waals surface area contributed by atoms with Gasteiger partial charge in [0.15, 0.2) is 0 Å². The highest BCUT2D eigenvalue weighted by molar-refractivity contribution is 5.84. The van der Waals surface area contributed by atoms with E-state index in [1.54, 1.807) is 0 Å². The molecule has 29 heavy (non-hydrogen) atoms. The lowest BCUT2D eigenvalue weighted by Gasteiger charge is -2.35. The summed E-state index contributed by atoms with van der Waals surface area (Å²) < 4.78 is 1.97. The molecule has 0 aliphatic heterocycles. The van der Waals surface area contributed by atoms with E-state index in [-0.39, 0.29) is 5.41 Å². The van der Waals surface area contributed by atoms with Crippen molar-refractivity contribution in [1.82, 2.24) is 35.4 Å². The number of nitrogens with one attached hydrogen (secondary N) is 1. The standard InChI is InChI=1S/C22H29N7/c1-22(12-7-4-8-13-22)20-19(21-25-27-28-26-21)18(17-11-14-23-29(17)2)15-9-5-3-6-10-16(15)24-20/h11,14H,3-10,12-13H2,1-2H3,(H,25,26,27,28). The minimum Gasteiger partial charge on any atom is -0.268 e. The first-order chi connectivity index (χ1) is 14.2. The molecule has 152 valence electrons. The first kappa shape index (κ1) is 18.5. The van der Waals surface area contributed by atoms with Gasteiger partial charge in [-0.15, -0.1) is 10.2 Å². The molecule has 7 nitrogen and oxygen atoms in total. The molecule has 0 saturated heterocycles. The molecule has 0 unspecified atom stereocenters. The van der Waals surface area contributed by atoms with E-state index in [1.165, 1.54) is 55.3 Å². The smallest absolute Gasteiger partial charge is 0.207 e. The van der Waals surface area contributed by atoms with Crippen LogP contribution in [0.4, 0.5) is 0 Å². The van der Waals surface area contributed by atoms with Gasteiger partial charge in [-0.25, -0.2) is 0 Å². The van der Waals surface area contributed by atoms with Gasteiger partial charge in [0.2, 0.25) is 5.82 Å². The van der Waals surface area contributed by atoms with Crippen LogP contribution in [0, 0.1) is 0 Å². The van der Waals surface area contributed by atoms with Crippen LogP contribution in [0.5, 0.6) is 0 Å². The predicted molar refractivity (Wildman–Crippen MR) is 111 cm³/mol. The Hall–Kier alpha value is -2.57.